The Bertz CT molecular complexity index is 483. The number of nitro groups is 1. The van der Waals surface area contributed by atoms with Gasteiger partial charge >= 0.3 is 5.69 Å². The highest BCUT2D eigenvalue weighted by atomic mass is 35.5. The van der Waals surface area contributed by atoms with Crippen LogP contribution in [0, 0.1) is 10.1 Å². The highest BCUT2D eigenvalue weighted by molar-refractivity contribution is 6.32. The van der Waals surface area contributed by atoms with Gasteiger partial charge in [0.05, 0.1) is 24.7 Å². The molecule has 1 aromatic heterocycles. The first-order valence-corrected chi connectivity index (χ1v) is 6.09. The van der Waals surface area contributed by atoms with Gasteiger partial charge in [0.2, 0.25) is 5.15 Å². The predicted octanol–water partition coefficient (Wildman–Crippen LogP) is 1.04. The number of amides is 1. The molecule has 8 nitrogen and oxygen atoms in total. The molecule has 0 unspecified atom stereocenters. The normalized spacial score (nSPS) is 10.3. The Balaban J connectivity index is 2.56. The highest BCUT2D eigenvalue weighted by Gasteiger charge is 2.24. The zero-order valence-electron chi connectivity index (χ0n) is 10.8. The molecule has 0 radical (unpaired) electrons. The average molecular weight is 304 g/mol. The van der Waals surface area contributed by atoms with E-state index in [1.165, 1.54) is 12.3 Å². The smallest absolute Gasteiger partial charge is 0.319 e. The molecule has 1 N–H and O–H groups in total. The summed E-state index contributed by atoms with van der Waals surface area (Å²) in [5.74, 6) is -0.601. The Labute approximate surface area is 120 Å². The van der Waals surface area contributed by atoms with E-state index in [-0.39, 0.29) is 23.9 Å². The van der Waals surface area contributed by atoms with Crippen molar-refractivity contribution in [3.63, 3.8) is 0 Å². The summed E-state index contributed by atoms with van der Waals surface area (Å²) in [6.07, 6.45) is 1.24. The van der Waals surface area contributed by atoms with Crippen molar-refractivity contribution in [3.8, 4) is 0 Å². The van der Waals surface area contributed by atoms with Crippen LogP contribution in [0.25, 0.3) is 0 Å². The molecule has 20 heavy (non-hydrogen) atoms. The molecular weight excluding hydrogens is 290 g/mol. The van der Waals surface area contributed by atoms with Crippen LogP contribution in [-0.2, 0) is 9.47 Å². The van der Waals surface area contributed by atoms with Crippen molar-refractivity contribution >= 4 is 23.2 Å². The summed E-state index contributed by atoms with van der Waals surface area (Å²) in [4.78, 5) is 25.5. The lowest BCUT2D eigenvalue weighted by Gasteiger charge is -2.07. The zero-order valence-corrected chi connectivity index (χ0v) is 11.6. The number of halogens is 1. The standard InChI is InChI=1S/C11H14ClN3O5/c1-19-6-7-20-5-4-14-11(16)8-2-3-13-10(12)9(8)15(17)18/h2-3H,4-7H2,1H3,(H,14,16). The number of nitrogens with zero attached hydrogens (tertiary/aromatic N) is 2. The predicted molar refractivity (Wildman–Crippen MR) is 70.9 cm³/mol. The number of carbonyl (C=O) groups is 1. The summed E-state index contributed by atoms with van der Waals surface area (Å²) in [7, 11) is 1.55. The maximum absolute atomic E-state index is 11.8. The molecule has 0 aliphatic rings. The van der Waals surface area contributed by atoms with Gasteiger partial charge in [-0.3, -0.25) is 14.9 Å². The van der Waals surface area contributed by atoms with Crippen LogP contribution in [0.2, 0.25) is 5.15 Å². The largest absolute Gasteiger partial charge is 0.382 e. The number of pyridine rings is 1. The Morgan fingerprint density at radius 3 is 2.90 bits per heavy atom. The van der Waals surface area contributed by atoms with E-state index in [2.05, 4.69) is 10.3 Å². The van der Waals surface area contributed by atoms with Crippen molar-refractivity contribution in [2.75, 3.05) is 33.5 Å². The minimum atomic E-state index is -0.737. The lowest BCUT2D eigenvalue weighted by atomic mass is 10.2. The fourth-order valence-electron chi connectivity index (χ4n) is 1.36. The number of carbonyl (C=O) groups excluding carboxylic acids is 1. The van der Waals surface area contributed by atoms with Gasteiger partial charge in [0, 0.05) is 19.9 Å². The van der Waals surface area contributed by atoms with E-state index in [0.717, 1.165) is 0 Å². The van der Waals surface area contributed by atoms with Crippen molar-refractivity contribution in [3.05, 3.63) is 33.1 Å². The maximum atomic E-state index is 11.8. The second-order valence-corrected chi connectivity index (χ2v) is 3.97. The minimum Gasteiger partial charge on any atom is -0.382 e. The van der Waals surface area contributed by atoms with E-state index >= 15 is 0 Å². The van der Waals surface area contributed by atoms with Crippen LogP contribution in [0.4, 0.5) is 5.69 Å². The summed E-state index contributed by atoms with van der Waals surface area (Å²) < 4.78 is 9.93. The first-order valence-electron chi connectivity index (χ1n) is 5.71. The van der Waals surface area contributed by atoms with Crippen LogP contribution in [0.3, 0.4) is 0 Å². The molecule has 0 saturated carbocycles. The van der Waals surface area contributed by atoms with Crippen LogP contribution in [0.1, 0.15) is 10.4 Å². The second kappa shape index (κ2) is 8.41. The first kappa shape index (κ1) is 16.3. The van der Waals surface area contributed by atoms with Crippen molar-refractivity contribution < 1.29 is 19.2 Å². The minimum absolute atomic E-state index is 0.133. The third-order valence-corrected chi connectivity index (χ3v) is 2.55. The molecule has 1 amide bonds. The van der Waals surface area contributed by atoms with Gasteiger partial charge in [-0.2, -0.15) is 0 Å². The van der Waals surface area contributed by atoms with Gasteiger partial charge in [0.1, 0.15) is 5.56 Å². The van der Waals surface area contributed by atoms with Crippen LogP contribution < -0.4 is 5.32 Å². The molecule has 0 saturated heterocycles. The Hall–Kier alpha value is -1.77. The van der Waals surface area contributed by atoms with Crippen LogP contribution in [0.15, 0.2) is 12.3 Å². The van der Waals surface area contributed by atoms with Crippen LogP contribution >= 0.6 is 11.6 Å². The van der Waals surface area contributed by atoms with E-state index in [1.54, 1.807) is 7.11 Å². The van der Waals surface area contributed by atoms with E-state index in [4.69, 9.17) is 21.1 Å². The molecule has 110 valence electrons. The van der Waals surface area contributed by atoms with Crippen molar-refractivity contribution in [2.45, 2.75) is 0 Å². The first-order chi connectivity index (χ1) is 9.57. The van der Waals surface area contributed by atoms with Gasteiger partial charge in [0.15, 0.2) is 0 Å². The van der Waals surface area contributed by atoms with Crippen molar-refractivity contribution in [1.82, 2.24) is 10.3 Å². The quantitative estimate of drug-likeness (QED) is 0.333. The molecule has 1 aromatic rings. The number of methoxy groups -OCH3 is 1. The molecular formula is C11H14ClN3O5. The van der Waals surface area contributed by atoms with Gasteiger partial charge in [-0.05, 0) is 6.07 Å². The molecule has 0 aliphatic heterocycles. The summed E-state index contributed by atoms with van der Waals surface area (Å²) >= 11 is 5.62. The molecule has 1 rings (SSSR count). The van der Waals surface area contributed by atoms with Gasteiger partial charge < -0.3 is 14.8 Å². The molecule has 0 bridgehead atoms. The molecule has 0 fully saturated rings. The zero-order chi connectivity index (χ0) is 15.0. The topological polar surface area (TPSA) is 104 Å². The van der Waals surface area contributed by atoms with E-state index in [9.17, 15) is 14.9 Å². The Morgan fingerprint density at radius 1 is 1.50 bits per heavy atom. The average Bonchev–Trinajstić information content (AvgIpc) is 2.41. The number of aromatic nitrogens is 1. The van der Waals surface area contributed by atoms with E-state index in [1.807, 2.05) is 0 Å². The summed E-state index contributed by atoms with van der Waals surface area (Å²) in [6.45, 7) is 1.37. The molecule has 0 atom stereocenters. The molecule has 0 aliphatic carbocycles. The highest BCUT2D eigenvalue weighted by Crippen LogP contribution is 2.25. The SMILES string of the molecule is COCCOCCNC(=O)c1ccnc(Cl)c1[N+](=O)[O-]. The number of rotatable bonds is 8. The summed E-state index contributed by atoms with van der Waals surface area (Å²) in [6, 6.07) is 1.24. The Morgan fingerprint density at radius 2 is 2.25 bits per heavy atom. The molecule has 9 heteroatoms. The van der Waals surface area contributed by atoms with Crippen LogP contribution in [-0.4, -0.2) is 49.3 Å². The summed E-state index contributed by atoms with van der Waals surface area (Å²) in [5.41, 5.74) is -0.640. The van der Waals surface area contributed by atoms with Gasteiger partial charge in [-0.15, -0.1) is 0 Å². The lowest BCUT2D eigenvalue weighted by Crippen LogP contribution is -2.28. The van der Waals surface area contributed by atoms with E-state index in [0.29, 0.717) is 13.2 Å². The van der Waals surface area contributed by atoms with E-state index < -0.39 is 16.5 Å². The molecule has 0 aromatic carbocycles. The monoisotopic (exact) mass is 303 g/mol. The third kappa shape index (κ3) is 4.72. The fraction of sp³-hybridized carbons (Fsp3) is 0.455. The third-order valence-electron chi connectivity index (χ3n) is 2.27. The lowest BCUT2D eigenvalue weighted by molar-refractivity contribution is -0.385. The number of ether oxygens (including phenoxy) is 2. The molecule has 1 heterocycles. The van der Waals surface area contributed by atoms with Gasteiger partial charge in [-0.25, -0.2) is 4.98 Å². The van der Waals surface area contributed by atoms with Crippen LogP contribution in [0.5, 0.6) is 0 Å². The van der Waals surface area contributed by atoms with Crippen molar-refractivity contribution in [2.24, 2.45) is 0 Å². The fourth-order valence-corrected chi connectivity index (χ4v) is 1.59. The summed E-state index contributed by atoms with van der Waals surface area (Å²) in [5, 5.41) is 13.0. The maximum Gasteiger partial charge on any atom is 0.319 e. The number of nitrogens with one attached hydrogen (secondary N) is 1. The van der Waals surface area contributed by atoms with Gasteiger partial charge in [-0.1, -0.05) is 11.6 Å². The van der Waals surface area contributed by atoms with Gasteiger partial charge in [0.25, 0.3) is 5.91 Å². The second-order valence-electron chi connectivity index (χ2n) is 3.62. The van der Waals surface area contributed by atoms with Crippen molar-refractivity contribution in [1.29, 1.82) is 0 Å². The number of hydrogen-bond donors (Lipinski definition) is 1. The molecule has 0 spiro atoms. The Kier molecular flexibility index (Phi) is 6.85. The number of hydrogen-bond acceptors (Lipinski definition) is 6.